The van der Waals surface area contributed by atoms with Crippen molar-refractivity contribution < 1.29 is 14.5 Å². The van der Waals surface area contributed by atoms with Crippen LogP contribution in [0.3, 0.4) is 0 Å². The lowest BCUT2D eigenvalue weighted by Crippen LogP contribution is -2.77. The Labute approximate surface area is 112 Å². The average Bonchev–Trinajstić information content (AvgIpc) is 2.47. The molecule has 2 aromatic rings. The number of hydrogen-bond donors (Lipinski definition) is 1. The molecule has 0 radical (unpaired) electrons. The van der Waals surface area contributed by atoms with E-state index in [9.17, 15) is 4.79 Å². The molecule has 0 spiro atoms. The molecular weight excluding hydrogens is 238 g/mol. The zero-order valence-electron chi connectivity index (χ0n) is 10.8. The first-order valence-electron chi connectivity index (χ1n) is 6.23. The zero-order chi connectivity index (χ0) is 13.5. The van der Waals surface area contributed by atoms with Crippen LogP contribution in [0.25, 0.3) is 0 Å². The molecule has 0 unspecified atom stereocenters. The number of carbonyl (C=O) groups excluding carboxylic acids is 1. The molecular formula is C16H16NO2+. The van der Waals surface area contributed by atoms with E-state index in [4.69, 9.17) is 4.74 Å². The van der Waals surface area contributed by atoms with Gasteiger partial charge in [0.15, 0.2) is 0 Å². The highest BCUT2D eigenvalue weighted by Crippen LogP contribution is 2.06. The summed E-state index contributed by atoms with van der Waals surface area (Å²) in [7, 11) is 0. The van der Waals surface area contributed by atoms with E-state index < -0.39 is 6.09 Å². The van der Waals surface area contributed by atoms with E-state index in [1.807, 2.05) is 60.7 Å². The number of carbonyl (C=O) groups is 1. The first-order valence-corrected chi connectivity index (χ1v) is 6.23. The molecule has 0 saturated heterocycles. The summed E-state index contributed by atoms with van der Waals surface area (Å²) < 4.78 is 4.94. The molecule has 96 valence electrons. The minimum absolute atomic E-state index is 0.350. The molecule has 0 heterocycles. The van der Waals surface area contributed by atoms with E-state index in [0.29, 0.717) is 6.61 Å². The smallest absolute Gasteiger partial charge is 0.412 e. The summed E-state index contributed by atoms with van der Waals surface area (Å²) in [5.41, 5.74) is 2.64. The lowest BCUT2D eigenvalue weighted by atomic mass is 10.0. The Kier molecular flexibility index (Phi) is 4.45. The third kappa shape index (κ3) is 3.52. The summed E-state index contributed by atoms with van der Waals surface area (Å²) in [5.74, 6) is 0. The van der Waals surface area contributed by atoms with Crippen LogP contribution in [0.15, 0.2) is 60.7 Å². The van der Waals surface area contributed by atoms with Gasteiger partial charge in [0.2, 0.25) is 5.71 Å². The van der Waals surface area contributed by atoms with E-state index in [1.54, 1.807) is 6.92 Å². The summed E-state index contributed by atoms with van der Waals surface area (Å²) in [5, 5.41) is 0. The van der Waals surface area contributed by atoms with Crippen molar-refractivity contribution in [3.63, 3.8) is 0 Å². The van der Waals surface area contributed by atoms with Gasteiger partial charge in [0.25, 0.3) is 0 Å². The lowest BCUT2D eigenvalue weighted by molar-refractivity contribution is -0.367. The monoisotopic (exact) mass is 254 g/mol. The Balaban J connectivity index is 2.43. The predicted octanol–water partition coefficient (Wildman–Crippen LogP) is 1.76. The van der Waals surface area contributed by atoms with E-state index in [0.717, 1.165) is 16.8 Å². The fourth-order valence-electron chi connectivity index (χ4n) is 1.79. The van der Waals surface area contributed by atoms with Crippen LogP contribution >= 0.6 is 0 Å². The molecule has 1 N–H and O–H groups in total. The van der Waals surface area contributed by atoms with Gasteiger partial charge in [-0.15, -0.1) is 4.99 Å². The van der Waals surface area contributed by atoms with Crippen LogP contribution in [-0.4, -0.2) is 18.4 Å². The molecule has 0 aliphatic rings. The highest BCUT2D eigenvalue weighted by molar-refractivity contribution is 6.10. The minimum Gasteiger partial charge on any atom is -0.412 e. The van der Waals surface area contributed by atoms with Crippen molar-refractivity contribution >= 4 is 11.8 Å². The van der Waals surface area contributed by atoms with Crippen molar-refractivity contribution in [1.82, 2.24) is 0 Å². The maximum Gasteiger partial charge on any atom is 0.595 e. The Morgan fingerprint density at radius 3 is 1.84 bits per heavy atom. The number of rotatable bonds is 3. The lowest BCUT2D eigenvalue weighted by Gasteiger charge is -2.01. The quantitative estimate of drug-likeness (QED) is 0.848. The number of ether oxygens (including phenoxy) is 1. The number of nitrogens with one attached hydrogen (secondary N) is 1. The van der Waals surface area contributed by atoms with Gasteiger partial charge < -0.3 is 4.74 Å². The Hall–Kier alpha value is -2.42. The second-order valence-corrected chi connectivity index (χ2v) is 3.95. The van der Waals surface area contributed by atoms with Gasteiger partial charge >= 0.3 is 6.09 Å². The van der Waals surface area contributed by atoms with Gasteiger partial charge in [-0.05, 0) is 31.2 Å². The van der Waals surface area contributed by atoms with Crippen LogP contribution < -0.4 is 4.99 Å². The molecule has 0 bridgehead atoms. The van der Waals surface area contributed by atoms with Gasteiger partial charge in [-0.25, -0.2) is 0 Å². The SMILES string of the molecule is CCOC(=O)[NH+]=C(c1ccccc1)c1ccccc1. The van der Waals surface area contributed by atoms with Gasteiger partial charge in [0, 0.05) is 11.1 Å². The molecule has 0 saturated carbocycles. The average molecular weight is 254 g/mol. The molecule has 1 amide bonds. The maximum atomic E-state index is 11.6. The van der Waals surface area contributed by atoms with Gasteiger partial charge in [0.05, 0.1) is 6.61 Å². The summed E-state index contributed by atoms with van der Waals surface area (Å²) in [6.45, 7) is 2.13. The fourth-order valence-corrected chi connectivity index (χ4v) is 1.79. The highest BCUT2D eigenvalue weighted by atomic mass is 16.5. The van der Waals surface area contributed by atoms with Crippen molar-refractivity contribution in [3.8, 4) is 0 Å². The van der Waals surface area contributed by atoms with Gasteiger partial charge in [0.1, 0.15) is 0 Å². The molecule has 0 fully saturated rings. The summed E-state index contributed by atoms with van der Waals surface area (Å²) >= 11 is 0. The predicted molar refractivity (Wildman–Crippen MR) is 74.1 cm³/mol. The van der Waals surface area contributed by atoms with Gasteiger partial charge in [-0.2, -0.15) is 4.79 Å². The molecule has 2 aromatic carbocycles. The second-order valence-electron chi connectivity index (χ2n) is 3.95. The first kappa shape index (κ1) is 13.0. The van der Waals surface area contributed by atoms with Crippen LogP contribution in [0.5, 0.6) is 0 Å². The normalized spacial score (nSPS) is 9.74. The van der Waals surface area contributed by atoms with Gasteiger partial charge in [-0.1, -0.05) is 36.4 Å². The van der Waals surface area contributed by atoms with Gasteiger partial charge in [-0.3, -0.25) is 0 Å². The molecule has 19 heavy (non-hydrogen) atoms. The Morgan fingerprint density at radius 2 is 1.42 bits per heavy atom. The molecule has 3 nitrogen and oxygen atoms in total. The Bertz CT molecular complexity index is 520. The summed E-state index contributed by atoms with van der Waals surface area (Å²) in [6.07, 6.45) is -0.440. The number of hydrogen-bond acceptors (Lipinski definition) is 2. The standard InChI is InChI=1S/C16H15NO2/c1-2-19-16(18)17-15(13-9-5-3-6-10-13)14-11-7-4-8-12-14/h3-12H,2H2,1H3/p+1. The van der Waals surface area contributed by atoms with E-state index in [-0.39, 0.29) is 0 Å². The van der Waals surface area contributed by atoms with Crippen LogP contribution in [0.1, 0.15) is 18.1 Å². The maximum absolute atomic E-state index is 11.6. The van der Waals surface area contributed by atoms with E-state index in [2.05, 4.69) is 4.99 Å². The van der Waals surface area contributed by atoms with Crippen LogP contribution in [0.2, 0.25) is 0 Å². The van der Waals surface area contributed by atoms with Crippen molar-refractivity contribution in [1.29, 1.82) is 0 Å². The topological polar surface area (TPSA) is 40.3 Å². The summed E-state index contributed by atoms with van der Waals surface area (Å²) in [4.78, 5) is 14.5. The van der Waals surface area contributed by atoms with Crippen molar-refractivity contribution in [3.05, 3.63) is 71.8 Å². The third-order valence-corrected chi connectivity index (χ3v) is 2.63. The first-order chi connectivity index (χ1) is 9.31. The van der Waals surface area contributed by atoms with Crippen LogP contribution in [0, 0.1) is 0 Å². The van der Waals surface area contributed by atoms with Crippen LogP contribution in [0.4, 0.5) is 4.79 Å². The zero-order valence-corrected chi connectivity index (χ0v) is 10.8. The fraction of sp³-hybridized carbons (Fsp3) is 0.125. The number of amides is 1. The molecule has 0 aliphatic heterocycles. The number of benzene rings is 2. The van der Waals surface area contributed by atoms with Crippen molar-refractivity contribution in [2.75, 3.05) is 6.61 Å². The molecule has 0 atom stereocenters. The molecule has 2 rings (SSSR count). The molecule has 0 aliphatic carbocycles. The van der Waals surface area contributed by atoms with E-state index >= 15 is 0 Å². The van der Waals surface area contributed by atoms with Crippen molar-refractivity contribution in [2.45, 2.75) is 6.92 Å². The molecule has 3 heteroatoms. The Morgan fingerprint density at radius 1 is 0.947 bits per heavy atom. The van der Waals surface area contributed by atoms with Crippen molar-refractivity contribution in [2.24, 2.45) is 0 Å². The minimum atomic E-state index is -0.440. The largest absolute Gasteiger partial charge is 0.595 e. The summed E-state index contributed by atoms with van der Waals surface area (Å²) in [6, 6.07) is 19.4. The second kappa shape index (κ2) is 6.50. The highest BCUT2D eigenvalue weighted by Gasteiger charge is 2.16. The van der Waals surface area contributed by atoms with E-state index in [1.165, 1.54) is 0 Å². The van der Waals surface area contributed by atoms with Crippen LogP contribution in [-0.2, 0) is 4.74 Å². The third-order valence-electron chi connectivity index (χ3n) is 2.63. The molecule has 0 aromatic heterocycles.